The highest BCUT2D eigenvalue weighted by Crippen LogP contribution is 2.22. The van der Waals surface area contributed by atoms with Crippen molar-refractivity contribution in [2.75, 3.05) is 13.1 Å². The van der Waals surface area contributed by atoms with Crippen molar-refractivity contribution in [1.29, 1.82) is 0 Å². The predicted molar refractivity (Wildman–Crippen MR) is 98.9 cm³/mol. The summed E-state index contributed by atoms with van der Waals surface area (Å²) in [6, 6.07) is 6.60. The lowest BCUT2D eigenvalue weighted by atomic mass is 9.91. The molecule has 26 heavy (non-hydrogen) atoms. The third kappa shape index (κ3) is 6.17. The van der Waals surface area contributed by atoms with Crippen molar-refractivity contribution >= 4 is 17.8 Å². The SMILES string of the molecule is CC(=O)Oc1cccc(C(=O)NC2CCN(C(=O)CC(C)(C)C)CC2)c1. The molecule has 1 aromatic rings. The zero-order valence-corrected chi connectivity index (χ0v) is 16.0. The first-order valence-corrected chi connectivity index (χ1v) is 9.01. The van der Waals surface area contributed by atoms with Crippen LogP contribution in [-0.2, 0) is 9.59 Å². The van der Waals surface area contributed by atoms with Gasteiger partial charge in [0.1, 0.15) is 5.75 Å². The van der Waals surface area contributed by atoms with Crippen LogP contribution in [0.4, 0.5) is 0 Å². The van der Waals surface area contributed by atoms with Crippen molar-refractivity contribution in [1.82, 2.24) is 10.2 Å². The van der Waals surface area contributed by atoms with Crippen LogP contribution in [0.5, 0.6) is 5.75 Å². The van der Waals surface area contributed by atoms with Gasteiger partial charge in [0.05, 0.1) is 0 Å². The molecule has 1 saturated heterocycles. The van der Waals surface area contributed by atoms with E-state index in [0.29, 0.717) is 30.8 Å². The number of nitrogens with zero attached hydrogens (tertiary/aromatic N) is 1. The predicted octanol–water partition coefficient (Wildman–Crippen LogP) is 2.77. The normalized spacial score (nSPS) is 15.5. The van der Waals surface area contributed by atoms with Gasteiger partial charge < -0.3 is 15.0 Å². The molecule has 2 rings (SSSR count). The average molecular weight is 360 g/mol. The molecule has 0 saturated carbocycles. The molecule has 1 fully saturated rings. The van der Waals surface area contributed by atoms with Gasteiger partial charge in [-0.3, -0.25) is 14.4 Å². The lowest BCUT2D eigenvalue weighted by Crippen LogP contribution is -2.47. The van der Waals surface area contributed by atoms with Crippen LogP contribution in [0.3, 0.4) is 0 Å². The zero-order valence-electron chi connectivity index (χ0n) is 16.0. The van der Waals surface area contributed by atoms with Crippen LogP contribution in [-0.4, -0.2) is 41.8 Å². The summed E-state index contributed by atoms with van der Waals surface area (Å²) in [5.74, 6) is -0.0857. The van der Waals surface area contributed by atoms with E-state index >= 15 is 0 Å². The molecule has 1 heterocycles. The van der Waals surface area contributed by atoms with Crippen LogP contribution in [0.2, 0.25) is 0 Å². The van der Waals surface area contributed by atoms with E-state index in [9.17, 15) is 14.4 Å². The Morgan fingerprint density at radius 3 is 2.42 bits per heavy atom. The van der Waals surface area contributed by atoms with Crippen LogP contribution in [0.1, 0.15) is 57.3 Å². The van der Waals surface area contributed by atoms with Gasteiger partial charge in [0.25, 0.3) is 5.91 Å². The topological polar surface area (TPSA) is 75.7 Å². The maximum Gasteiger partial charge on any atom is 0.308 e. The molecular formula is C20H28N2O4. The van der Waals surface area contributed by atoms with E-state index in [1.165, 1.54) is 6.92 Å². The van der Waals surface area contributed by atoms with E-state index in [1.807, 2.05) is 4.90 Å². The number of ether oxygens (including phenoxy) is 1. The fraction of sp³-hybridized carbons (Fsp3) is 0.550. The lowest BCUT2D eigenvalue weighted by Gasteiger charge is -2.34. The summed E-state index contributed by atoms with van der Waals surface area (Å²) in [6.07, 6.45) is 2.02. The number of nitrogens with one attached hydrogen (secondary N) is 1. The Balaban J connectivity index is 1.86. The average Bonchev–Trinajstić information content (AvgIpc) is 2.53. The summed E-state index contributed by atoms with van der Waals surface area (Å²) in [7, 11) is 0. The summed E-state index contributed by atoms with van der Waals surface area (Å²) in [5.41, 5.74) is 0.435. The van der Waals surface area contributed by atoms with Gasteiger partial charge in [-0.2, -0.15) is 0 Å². The number of esters is 1. The van der Waals surface area contributed by atoms with Crippen LogP contribution in [0.15, 0.2) is 24.3 Å². The number of carbonyl (C=O) groups excluding carboxylic acids is 3. The summed E-state index contributed by atoms with van der Waals surface area (Å²) < 4.78 is 5.01. The molecule has 142 valence electrons. The minimum atomic E-state index is -0.421. The van der Waals surface area contributed by atoms with Crippen LogP contribution in [0.25, 0.3) is 0 Å². The molecule has 6 heteroatoms. The fourth-order valence-electron chi connectivity index (χ4n) is 2.97. The maximum absolute atomic E-state index is 12.4. The third-order valence-corrected chi connectivity index (χ3v) is 4.22. The van der Waals surface area contributed by atoms with Gasteiger partial charge in [0, 0.05) is 38.0 Å². The quantitative estimate of drug-likeness (QED) is 0.662. The highest BCUT2D eigenvalue weighted by Gasteiger charge is 2.26. The number of likely N-dealkylation sites (tertiary alicyclic amines) is 1. The molecule has 0 spiro atoms. The second-order valence-electron chi connectivity index (χ2n) is 7.99. The number of amides is 2. The first kappa shape index (κ1) is 19.9. The molecular weight excluding hydrogens is 332 g/mol. The van der Waals surface area contributed by atoms with Gasteiger partial charge >= 0.3 is 5.97 Å². The minimum absolute atomic E-state index is 0.0187. The highest BCUT2D eigenvalue weighted by atomic mass is 16.5. The Hall–Kier alpha value is -2.37. The van der Waals surface area contributed by atoms with Crippen molar-refractivity contribution in [2.45, 2.75) is 53.0 Å². The van der Waals surface area contributed by atoms with Gasteiger partial charge in [0.2, 0.25) is 5.91 Å². The molecule has 0 aromatic heterocycles. The molecule has 0 radical (unpaired) electrons. The van der Waals surface area contributed by atoms with E-state index < -0.39 is 5.97 Å². The van der Waals surface area contributed by atoms with Gasteiger partial charge in [-0.15, -0.1) is 0 Å². The van der Waals surface area contributed by atoms with Crippen molar-refractivity contribution in [3.63, 3.8) is 0 Å². The highest BCUT2D eigenvalue weighted by molar-refractivity contribution is 5.95. The van der Waals surface area contributed by atoms with E-state index in [4.69, 9.17) is 4.74 Å². The molecule has 0 atom stereocenters. The Kier molecular flexibility index (Phi) is 6.40. The Morgan fingerprint density at radius 1 is 1.19 bits per heavy atom. The zero-order chi connectivity index (χ0) is 19.3. The minimum Gasteiger partial charge on any atom is -0.427 e. The Bertz CT molecular complexity index is 671. The Morgan fingerprint density at radius 2 is 1.85 bits per heavy atom. The third-order valence-electron chi connectivity index (χ3n) is 4.22. The summed E-state index contributed by atoms with van der Waals surface area (Å²) >= 11 is 0. The van der Waals surface area contributed by atoms with Crippen molar-refractivity contribution in [3.8, 4) is 5.75 Å². The van der Waals surface area contributed by atoms with Gasteiger partial charge in [-0.05, 0) is 36.5 Å². The van der Waals surface area contributed by atoms with Crippen molar-refractivity contribution < 1.29 is 19.1 Å². The molecule has 2 amide bonds. The number of hydrogen-bond acceptors (Lipinski definition) is 4. The lowest BCUT2D eigenvalue weighted by molar-refractivity contribution is -0.134. The molecule has 1 aliphatic rings. The molecule has 6 nitrogen and oxygen atoms in total. The second-order valence-corrected chi connectivity index (χ2v) is 7.99. The van der Waals surface area contributed by atoms with E-state index in [1.54, 1.807) is 24.3 Å². The molecule has 0 unspecified atom stereocenters. The van der Waals surface area contributed by atoms with Crippen molar-refractivity contribution in [3.05, 3.63) is 29.8 Å². The monoisotopic (exact) mass is 360 g/mol. The van der Waals surface area contributed by atoms with Gasteiger partial charge in [-0.25, -0.2) is 0 Å². The van der Waals surface area contributed by atoms with E-state index in [2.05, 4.69) is 26.1 Å². The Labute approximate surface area is 154 Å². The summed E-state index contributed by atoms with van der Waals surface area (Å²) in [6.45, 7) is 8.81. The number of piperidine rings is 1. The number of hydrogen-bond donors (Lipinski definition) is 1. The summed E-state index contributed by atoms with van der Waals surface area (Å²) in [5, 5.41) is 3.01. The molecule has 0 aliphatic carbocycles. The van der Waals surface area contributed by atoms with Gasteiger partial charge in [0.15, 0.2) is 0 Å². The largest absolute Gasteiger partial charge is 0.427 e. The van der Waals surface area contributed by atoms with E-state index in [-0.39, 0.29) is 23.3 Å². The summed E-state index contributed by atoms with van der Waals surface area (Å²) in [4.78, 5) is 37.6. The standard InChI is InChI=1S/C20H28N2O4/c1-14(23)26-17-7-5-6-15(12-17)19(25)21-16-8-10-22(11-9-16)18(24)13-20(2,3)4/h5-7,12,16H,8-11,13H2,1-4H3,(H,21,25). The van der Waals surface area contributed by atoms with Gasteiger partial charge in [-0.1, -0.05) is 26.8 Å². The molecule has 1 aromatic carbocycles. The smallest absolute Gasteiger partial charge is 0.308 e. The van der Waals surface area contributed by atoms with Crippen LogP contribution >= 0.6 is 0 Å². The number of benzene rings is 1. The fourth-order valence-corrected chi connectivity index (χ4v) is 2.97. The van der Waals surface area contributed by atoms with Crippen molar-refractivity contribution in [2.24, 2.45) is 5.41 Å². The molecule has 0 bridgehead atoms. The van der Waals surface area contributed by atoms with Crippen LogP contribution < -0.4 is 10.1 Å². The molecule has 1 aliphatic heterocycles. The molecule has 1 N–H and O–H groups in total. The van der Waals surface area contributed by atoms with E-state index in [0.717, 1.165) is 12.8 Å². The van der Waals surface area contributed by atoms with Crippen LogP contribution in [0, 0.1) is 5.41 Å². The first-order chi connectivity index (χ1) is 12.1. The second kappa shape index (κ2) is 8.34. The number of carbonyl (C=O) groups is 3. The first-order valence-electron chi connectivity index (χ1n) is 9.01. The maximum atomic E-state index is 12.4. The number of rotatable bonds is 4.